The molecule has 3 heterocycles. The summed E-state index contributed by atoms with van der Waals surface area (Å²) in [6.45, 7) is 15.4. The fourth-order valence-electron chi connectivity index (χ4n) is 6.88. The van der Waals surface area contributed by atoms with Gasteiger partial charge in [0, 0.05) is 34.5 Å². The maximum absolute atomic E-state index is 6.68. The van der Waals surface area contributed by atoms with Crippen molar-refractivity contribution in [3.05, 3.63) is 131 Å². The van der Waals surface area contributed by atoms with E-state index in [-0.39, 0.29) is 26.5 Å². The molecule has 0 aliphatic carbocycles. The van der Waals surface area contributed by atoms with Crippen LogP contribution in [0.4, 0.5) is 0 Å². The fourth-order valence-corrected chi connectivity index (χ4v) is 6.88. The van der Waals surface area contributed by atoms with Crippen LogP contribution in [0.15, 0.2) is 91.1 Å². The van der Waals surface area contributed by atoms with Crippen molar-refractivity contribution in [2.24, 2.45) is 5.41 Å². The number of aromatic nitrogens is 4. The number of hydrogen-bond donors (Lipinski definition) is 0. The molecular formula is C45H46N4OPt. The smallest absolute Gasteiger partial charge is 0.509 e. The number of benzene rings is 4. The molecule has 0 N–H and O–H groups in total. The molecule has 7 rings (SSSR count). The van der Waals surface area contributed by atoms with E-state index >= 15 is 0 Å². The average Bonchev–Trinajstić information content (AvgIpc) is 3.58. The van der Waals surface area contributed by atoms with Crippen LogP contribution in [0.1, 0.15) is 75.0 Å². The van der Waals surface area contributed by atoms with Crippen molar-refractivity contribution in [1.82, 2.24) is 19.3 Å². The quantitative estimate of drug-likeness (QED) is 0.129. The van der Waals surface area contributed by atoms with Gasteiger partial charge in [-0.2, -0.15) is 16.7 Å². The Kier molecular flexibility index (Phi) is 10.7. The molecule has 0 atom stereocenters. The molecule has 0 spiro atoms. The normalized spacial score (nSPS) is 11.7. The first-order valence-electron chi connectivity index (χ1n) is 17.9. The molecule has 262 valence electrons. The molecule has 7 aromatic rings. The Morgan fingerprint density at radius 2 is 1.59 bits per heavy atom. The van der Waals surface area contributed by atoms with Crippen molar-refractivity contribution >= 4 is 21.8 Å². The largest absolute Gasteiger partial charge is 2.00 e. The first kappa shape index (κ1) is 36.3. The van der Waals surface area contributed by atoms with E-state index in [1.807, 2.05) is 29.1 Å². The summed E-state index contributed by atoms with van der Waals surface area (Å²) in [5.41, 5.74) is 11.2. The molecule has 0 radical (unpaired) electrons. The number of aryl methyl sites for hydroxylation is 4. The zero-order chi connectivity index (χ0) is 35.0. The minimum absolute atomic E-state index is 0. The second-order valence-electron chi connectivity index (χ2n) is 14.8. The van der Waals surface area contributed by atoms with Gasteiger partial charge in [-0.15, -0.1) is 35.7 Å². The van der Waals surface area contributed by atoms with E-state index in [2.05, 4.69) is 132 Å². The minimum atomic E-state index is 0. The van der Waals surface area contributed by atoms with Gasteiger partial charge in [-0.1, -0.05) is 82.1 Å². The van der Waals surface area contributed by atoms with E-state index in [4.69, 9.17) is 14.8 Å². The first-order chi connectivity index (χ1) is 24.1. The van der Waals surface area contributed by atoms with Crippen molar-refractivity contribution in [2.75, 3.05) is 0 Å². The van der Waals surface area contributed by atoms with Gasteiger partial charge in [0.05, 0.1) is 5.69 Å². The molecule has 0 bridgehead atoms. The van der Waals surface area contributed by atoms with Crippen LogP contribution in [-0.4, -0.2) is 19.3 Å². The number of pyridine rings is 1. The molecule has 0 saturated heterocycles. The van der Waals surface area contributed by atoms with E-state index < -0.39 is 0 Å². The summed E-state index contributed by atoms with van der Waals surface area (Å²) in [6, 6.07) is 37.2. The van der Waals surface area contributed by atoms with Crippen LogP contribution in [0.25, 0.3) is 44.4 Å². The van der Waals surface area contributed by atoms with Crippen molar-refractivity contribution < 1.29 is 25.8 Å². The summed E-state index contributed by atoms with van der Waals surface area (Å²) in [6.07, 6.45) is 7.25. The summed E-state index contributed by atoms with van der Waals surface area (Å²) in [5.74, 6) is 2.15. The molecular weight excluding hydrogens is 808 g/mol. The van der Waals surface area contributed by atoms with Crippen molar-refractivity contribution in [3.63, 3.8) is 0 Å². The summed E-state index contributed by atoms with van der Waals surface area (Å²) >= 11 is 0. The topological polar surface area (TPSA) is 44.9 Å². The van der Waals surface area contributed by atoms with Gasteiger partial charge >= 0.3 is 21.1 Å². The summed E-state index contributed by atoms with van der Waals surface area (Å²) in [7, 11) is 0. The number of ether oxygens (including phenoxy) is 1. The van der Waals surface area contributed by atoms with Crippen LogP contribution in [0.3, 0.4) is 0 Å². The van der Waals surface area contributed by atoms with Crippen LogP contribution in [0, 0.1) is 38.3 Å². The third-order valence-corrected chi connectivity index (χ3v) is 9.52. The summed E-state index contributed by atoms with van der Waals surface area (Å²) in [4.78, 5) is 4.79. The molecule has 3 aromatic heterocycles. The third kappa shape index (κ3) is 7.75. The number of fused-ring (bicyclic) bond motifs is 3. The Hall–Kier alpha value is -4.47. The van der Waals surface area contributed by atoms with E-state index in [0.717, 1.165) is 75.3 Å². The second-order valence-corrected chi connectivity index (χ2v) is 14.8. The predicted octanol–water partition coefficient (Wildman–Crippen LogP) is 11.7. The Bertz CT molecular complexity index is 2310. The Morgan fingerprint density at radius 3 is 2.33 bits per heavy atom. The van der Waals surface area contributed by atoms with E-state index in [1.165, 1.54) is 29.4 Å². The summed E-state index contributed by atoms with van der Waals surface area (Å²) < 4.78 is 10.9. The van der Waals surface area contributed by atoms with Crippen LogP contribution in [0.2, 0.25) is 0 Å². The van der Waals surface area contributed by atoms with Gasteiger partial charge in [0.2, 0.25) is 0 Å². The number of rotatable bonds is 10. The van der Waals surface area contributed by atoms with Gasteiger partial charge in [-0.25, -0.2) is 4.98 Å². The molecule has 0 saturated carbocycles. The zero-order valence-electron chi connectivity index (χ0n) is 30.7. The number of unbranched alkanes of at least 4 members (excludes halogenated alkanes) is 1. The summed E-state index contributed by atoms with van der Waals surface area (Å²) in [5, 5.41) is 7.35. The molecule has 4 aromatic carbocycles. The standard InChI is InChI=1S/C45H46N4O.Pt/c1-8-9-13-33-16-19-41-40(27-33)39-18-17-37(29-42(39)48(41)43-24-30(2)21-23-46-43)50-38-26-34(20-22-45(5,6)7)25-36(28-38)49-32(4)44(31(3)47-49)35-14-11-10-12-15-35;/h10-12,14-19,21,23-27H,8-9,13,20,22H2,1-7H3;/q-2;+2. The molecule has 0 aliphatic heterocycles. The fraction of sp³-hybridized carbons (Fsp3) is 0.289. The van der Waals surface area contributed by atoms with Crippen molar-refractivity contribution in [2.45, 2.75) is 80.6 Å². The van der Waals surface area contributed by atoms with E-state index in [9.17, 15) is 0 Å². The van der Waals surface area contributed by atoms with Gasteiger partial charge in [0.25, 0.3) is 0 Å². The monoisotopic (exact) mass is 853 g/mol. The molecule has 6 heteroatoms. The maximum Gasteiger partial charge on any atom is 2.00 e. The molecule has 0 aliphatic rings. The molecule has 51 heavy (non-hydrogen) atoms. The molecule has 5 nitrogen and oxygen atoms in total. The van der Waals surface area contributed by atoms with E-state index in [1.54, 1.807) is 0 Å². The van der Waals surface area contributed by atoms with Crippen molar-refractivity contribution in [3.8, 4) is 34.1 Å². The van der Waals surface area contributed by atoms with Crippen LogP contribution < -0.4 is 4.74 Å². The van der Waals surface area contributed by atoms with Crippen LogP contribution in [-0.2, 0) is 33.9 Å². The Morgan fingerprint density at radius 1 is 0.784 bits per heavy atom. The third-order valence-electron chi connectivity index (χ3n) is 9.52. The SMILES string of the molecule is CCCCc1ccc2c(c1)c1ccc(Oc3[c-]c(-n4nc(C)c(-c5ccccc5)c4C)cc(CCC(C)(C)C)c3)[c-]c1n2-c1cc(C)ccn1.[Pt+2]. The zero-order valence-corrected chi connectivity index (χ0v) is 33.0. The predicted molar refractivity (Wildman–Crippen MR) is 206 cm³/mol. The van der Waals surface area contributed by atoms with Crippen molar-refractivity contribution in [1.29, 1.82) is 0 Å². The number of hydrogen-bond acceptors (Lipinski definition) is 3. The average molecular weight is 854 g/mol. The van der Waals surface area contributed by atoms with Crippen LogP contribution >= 0.6 is 0 Å². The molecule has 0 amide bonds. The molecule has 0 unspecified atom stereocenters. The van der Waals surface area contributed by atoms with Gasteiger partial charge in [0.1, 0.15) is 5.82 Å². The minimum Gasteiger partial charge on any atom is -0.509 e. The van der Waals surface area contributed by atoms with Gasteiger partial charge in [-0.3, -0.25) is 4.68 Å². The van der Waals surface area contributed by atoms with Gasteiger partial charge < -0.3 is 9.30 Å². The second kappa shape index (κ2) is 15.0. The van der Waals surface area contributed by atoms with Crippen LogP contribution in [0.5, 0.6) is 11.5 Å². The number of nitrogens with zero attached hydrogens (tertiary/aromatic N) is 4. The van der Waals surface area contributed by atoms with E-state index in [0.29, 0.717) is 11.5 Å². The maximum atomic E-state index is 6.68. The first-order valence-corrected chi connectivity index (χ1v) is 17.9. The van der Waals surface area contributed by atoms with Gasteiger partial charge in [0.15, 0.2) is 0 Å². The Balaban J connectivity index is 0.00000448. The van der Waals surface area contributed by atoms with Gasteiger partial charge in [-0.05, 0) is 97.8 Å². The Labute approximate surface area is 317 Å². The molecule has 0 fully saturated rings.